The Labute approximate surface area is 117 Å². The molecule has 1 aliphatic rings. The number of aromatic nitrogens is 1. The minimum absolute atomic E-state index is 0.241. The molecule has 1 aromatic heterocycles. The predicted octanol–water partition coefficient (Wildman–Crippen LogP) is 3.75. The smallest absolute Gasteiger partial charge is 0.141 e. The average Bonchev–Trinajstić information content (AvgIpc) is 2.39. The largest absolute Gasteiger partial charge is 0.295 e. The molecule has 1 aliphatic carbocycles. The van der Waals surface area contributed by atoms with Crippen molar-refractivity contribution in [1.82, 2.24) is 9.88 Å². The van der Waals surface area contributed by atoms with E-state index in [9.17, 15) is 4.39 Å². The maximum atomic E-state index is 13.2. The van der Waals surface area contributed by atoms with E-state index in [-0.39, 0.29) is 5.82 Å². The number of hydrogen-bond acceptors (Lipinski definition) is 2. The van der Waals surface area contributed by atoms with Gasteiger partial charge in [0, 0.05) is 30.7 Å². The second-order valence-electron chi connectivity index (χ2n) is 4.96. The first-order valence-electron chi connectivity index (χ1n) is 6.69. The van der Waals surface area contributed by atoms with Crippen LogP contribution >= 0.6 is 15.9 Å². The first-order valence-corrected chi connectivity index (χ1v) is 7.81. The lowest BCUT2D eigenvalue weighted by molar-refractivity contribution is 0.157. The monoisotopic (exact) mass is 314 g/mol. The third-order valence-electron chi connectivity index (χ3n) is 3.61. The third-order valence-corrected chi connectivity index (χ3v) is 3.96. The predicted molar refractivity (Wildman–Crippen MR) is 75.3 cm³/mol. The van der Waals surface area contributed by atoms with Crippen molar-refractivity contribution in [2.45, 2.75) is 44.7 Å². The fraction of sp³-hybridized carbons (Fsp3) is 0.643. The molecular weight excluding hydrogens is 295 g/mol. The summed E-state index contributed by atoms with van der Waals surface area (Å²) in [5.41, 5.74) is 0.974. The van der Waals surface area contributed by atoms with Gasteiger partial charge in [-0.2, -0.15) is 0 Å². The minimum Gasteiger partial charge on any atom is -0.295 e. The molecule has 1 heterocycles. The Balaban J connectivity index is 2.00. The maximum Gasteiger partial charge on any atom is 0.141 e. The first kappa shape index (κ1) is 13.9. The maximum absolute atomic E-state index is 13.2. The Kier molecular flexibility index (Phi) is 5.57. The summed E-state index contributed by atoms with van der Waals surface area (Å²) < 4.78 is 13.2. The van der Waals surface area contributed by atoms with Crippen LogP contribution in [-0.2, 0) is 6.54 Å². The van der Waals surface area contributed by atoms with Crippen molar-refractivity contribution in [3.05, 3.63) is 29.8 Å². The Bertz CT molecular complexity index is 367. The van der Waals surface area contributed by atoms with Crippen LogP contribution in [0.15, 0.2) is 18.5 Å². The number of rotatable bonds is 5. The van der Waals surface area contributed by atoms with Crippen molar-refractivity contribution in [2.24, 2.45) is 0 Å². The van der Waals surface area contributed by atoms with Crippen molar-refractivity contribution >= 4 is 15.9 Å². The van der Waals surface area contributed by atoms with Crippen LogP contribution in [0.25, 0.3) is 0 Å². The Morgan fingerprint density at radius 3 is 2.72 bits per heavy atom. The van der Waals surface area contributed by atoms with Crippen LogP contribution in [-0.4, -0.2) is 27.8 Å². The quantitative estimate of drug-likeness (QED) is 0.769. The van der Waals surface area contributed by atoms with E-state index in [1.165, 1.54) is 38.3 Å². The summed E-state index contributed by atoms with van der Waals surface area (Å²) in [6.07, 6.45) is 9.59. The zero-order valence-electron chi connectivity index (χ0n) is 10.6. The van der Waals surface area contributed by atoms with E-state index >= 15 is 0 Å². The summed E-state index contributed by atoms with van der Waals surface area (Å²) in [5.74, 6) is -0.241. The minimum atomic E-state index is -0.241. The zero-order chi connectivity index (χ0) is 12.8. The molecule has 0 N–H and O–H groups in total. The molecule has 0 spiro atoms. The summed E-state index contributed by atoms with van der Waals surface area (Å²) in [6, 6.07) is 2.25. The van der Waals surface area contributed by atoms with Crippen LogP contribution in [0.1, 0.15) is 37.7 Å². The van der Waals surface area contributed by atoms with Gasteiger partial charge in [-0.15, -0.1) is 0 Å². The lowest BCUT2D eigenvalue weighted by Gasteiger charge is -2.34. The van der Waals surface area contributed by atoms with Crippen molar-refractivity contribution in [1.29, 1.82) is 0 Å². The van der Waals surface area contributed by atoms with Crippen molar-refractivity contribution < 1.29 is 4.39 Å². The van der Waals surface area contributed by atoms with Crippen LogP contribution in [0.5, 0.6) is 0 Å². The lowest BCUT2D eigenvalue weighted by Crippen LogP contribution is -2.37. The molecule has 0 bridgehead atoms. The summed E-state index contributed by atoms with van der Waals surface area (Å²) in [4.78, 5) is 6.39. The Morgan fingerprint density at radius 2 is 2.06 bits per heavy atom. The standard InChI is InChI=1S/C14H20BrFN2/c15-6-7-18(14-4-2-1-3-5-14)11-12-8-13(16)10-17-9-12/h8-10,14H,1-7,11H2. The molecule has 0 aliphatic heterocycles. The van der Waals surface area contributed by atoms with Gasteiger partial charge >= 0.3 is 0 Å². The average molecular weight is 315 g/mol. The molecule has 2 nitrogen and oxygen atoms in total. The molecule has 1 saturated carbocycles. The normalized spacial score (nSPS) is 17.3. The Hall–Kier alpha value is -0.480. The molecule has 0 amide bonds. The van der Waals surface area contributed by atoms with E-state index in [2.05, 4.69) is 25.8 Å². The van der Waals surface area contributed by atoms with Gasteiger partial charge in [0.1, 0.15) is 5.82 Å². The molecule has 0 radical (unpaired) electrons. The van der Waals surface area contributed by atoms with E-state index in [4.69, 9.17) is 0 Å². The van der Waals surface area contributed by atoms with E-state index in [0.717, 1.165) is 24.0 Å². The van der Waals surface area contributed by atoms with Crippen LogP contribution in [0, 0.1) is 5.82 Å². The van der Waals surface area contributed by atoms with Gasteiger partial charge in [0.25, 0.3) is 0 Å². The molecule has 0 aromatic carbocycles. The Morgan fingerprint density at radius 1 is 1.28 bits per heavy atom. The molecule has 18 heavy (non-hydrogen) atoms. The molecule has 1 fully saturated rings. The molecule has 0 atom stereocenters. The highest BCUT2D eigenvalue weighted by Crippen LogP contribution is 2.24. The van der Waals surface area contributed by atoms with Gasteiger partial charge in [-0.3, -0.25) is 9.88 Å². The van der Waals surface area contributed by atoms with Crippen LogP contribution in [0.4, 0.5) is 4.39 Å². The van der Waals surface area contributed by atoms with Gasteiger partial charge < -0.3 is 0 Å². The fourth-order valence-electron chi connectivity index (χ4n) is 2.72. The lowest BCUT2D eigenvalue weighted by atomic mass is 9.94. The number of pyridine rings is 1. The van der Waals surface area contributed by atoms with Crippen LogP contribution in [0.3, 0.4) is 0 Å². The van der Waals surface area contributed by atoms with Crippen LogP contribution < -0.4 is 0 Å². The van der Waals surface area contributed by atoms with Crippen LogP contribution in [0.2, 0.25) is 0 Å². The van der Waals surface area contributed by atoms with Gasteiger partial charge in [-0.25, -0.2) is 4.39 Å². The number of halogens is 2. The van der Waals surface area contributed by atoms with Gasteiger partial charge in [-0.1, -0.05) is 35.2 Å². The molecule has 2 rings (SSSR count). The number of hydrogen-bond donors (Lipinski definition) is 0. The molecule has 4 heteroatoms. The summed E-state index contributed by atoms with van der Waals surface area (Å²) >= 11 is 3.51. The second-order valence-corrected chi connectivity index (χ2v) is 5.76. The number of nitrogens with zero attached hydrogens (tertiary/aromatic N) is 2. The van der Waals surface area contributed by atoms with Gasteiger partial charge in [-0.05, 0) is 24.5 Å². The third kappa shape index (κ3) is 4.02. The molecular formula is C14H20BrFN2. The second kappa shape index (κ2) is 7.19. The van der Waals surface area contributed by atoms with E-state index in [1.54, 1.807) is 12.3 Å². The summed E-state index contributed by atoms with van der Waals surface area (Å²) in [5, 5.41) is 0.965. The van der Waals surface area contributed by atoms with Crippen molar-refractivity contribution in [3.8, 4) is 0 Å². The topological polar surface area (TPSA) is 16.1 Å². The van der Waals surface area contributed by atoms with Gasteiger partial charge in [0.2, 0.25) is 0 Å². The molecule has 0 saturated heterocycles. The SMILES string of the molecule is Fc1cncc(CN(CCBr)C2CCCCC2)c1. The zero-order valence-corrected chi connectivity index (χ0v) is 12.2. The highest BCUT2D eigenvalue weighted by molar-refractivity contribution is 9.09. The molecule has 0 unspecified atom stereocenters. The summed E-state index contributed by atoms with van der Waals surface area (Å²) in [7, 11) is 0. The number of alkyl halides is 1. The first-order chi connectivity index (χ1) is 8.79. The molecule has 1 aromatic rings. The van der Waals surface area contributed by atoms with Gasteiger partial charge in [0.05, 0.1) is 6.20 Å². The molecule has 100 valence electrons. The fourth-order valence-corrected chi connectivity index (χ4v) is 3.18. The van der Waals surface area contributed by atoms with Gasteiger partial charge in [0.15, 0.2) is 0 Å². The van der Waals surface area contributed by atoms with Crippen molar-refractivity contribution in [3.63, 3.8) is 0 Å². The van der Waals surface area contributed by atoms with Crippen molar-refractivity contribution in [2.75, 3.05) is 11.9 Å². The van der Waals surface area contributed by atoms with E-state index in [1.807, 2.05) is 0 Å². The van der Waals surface area contributed by atoms with E-state index in [0.29, 0.717) is 6.04 Å². The summed E-state index contributed by atoms with van der Waals surface area (Å²) in [6.45, 7) is 1.82. The van der Waals surface area contributed by atoms with E-state index < -0.39 is 0 Å². The highest BCUT2D eigenvalue weighted by Gasteiger charge is 2.20. The highest BCUT2D eigenvalue weighted by atomic mass is 79.9.